The Morgan fingerprint density at radius 3 is 1.91 bits per heavy atom. The molecular weight excluding hydrogens is 673 g/mol. The van der Waals surface area contributed by atoms with Gasteiger partial charge in [0.05, 0.1) is 27.6 Å². The molecule has 5 nitrogen and oxygen atoms in total. The second-order valence-electron chi connectivity index (χ2n) is 14.5. The maximum atomic E-state index is 6.78. The first kappa shape index (κ1) is 29.0. The first-order valence-corrected chi connectivity index (χ1v) is 18.7. The van der Waals surface area contributed by atoms with E-state index >= 15 is 0 Å². The van der Waals surface area contributed by atoms with Gasteiger partial charge in [-0.15, -0.1) is 0 Å². The van der Waals surface area contributed by atoms with Crippen LogP contribution in [0.15, 0.2) is 174 Å². The van der Waals surface area contributed by atoms with Gasteiger partial charge in [-0.25, -0.2) is 9.97 Å². The Morgan fingerprint density at radius 2 is 1.07 bits per heavy atom. The highest BCUT2D eigenvalue weighted by Gasteiger charge is 2.27. The second-order valence-corrected chi connectivity index (χ2v) is 14.5. The summed E-state index contributed by atoms with van der Waals surface area (Å²) in [7, 11) is 0. The van der Waals surface area contributed by atoms with E-state index in [-0.39, 0.29) is 0 Å². The molecule has 0 bridgehead atoms. The van der Waals surface area contributed by atoms with Gasteiger partial charge in [0.2, 0.25) is 0 Å². The van der Waals surface area contributed by atoms with E-state index in [2.05, 4.69) is 155 Å². The van der Waals surface area contributed by atoms with E-state index in [0.29, 0.717) is 11.4 Å². The highest BCUT2D eigenvalue weighted by atomic mass is 16.3. The van der Waals surface area contributed by atoms with Crippen LogP contribution >= 0.6 is 0 Å². The van der Waals surface area contributed by atoms with Crippen LogP contribution in [0, 0.1) is 0 Å². The van der Waals surface area contributed by atoms with E-state index in [1.807, 2.05) is 24.3 Å². The van der Waals surface area contributed by atoms with Crippen LogP contribution < -0.4 is 0 Å². The molecule has 0 radical (unpaired) electrons. The number of aromatic nitrogens is 4. The molecule has 0 saturated carbocycles. The maximum Gasteiger partial charge on any atom is 0.197 e. The standard InChI is InChI=1S/C50H28N4O/c1-2-12-29(13-3-1)30-22-24-32(25-23-30)49-51-46-36-18-8-11-21-42(36)55-48(46)50(52-49)54-40-27-26-31-14-4-5-15-33(31)43(40)45-41(54)28-37-34-16-6-9-19-38(34)53-39-20-10-7-17-35(39)44(45)47(37)53/h1-28H. The Morgan fingerprint density at radius 1 is 0.418 bits per heavy atom. The van der Waals surface area contributed by atoms with Gasteiger partial charge in [-0.3, -0.25) is 4.57 Å². The predicted octanol–water partition coefficient (Wildman–Crippen LogP) is 13.1. The third-order valence-electron chi connectivity index (χ3n) is 11.7. The number of nitrogens with zero attached hydrogens (tertiary/aromatic N) is 4. The Bertz CT molecular complexity index is 3700. The van der Waals surface area contributed by atoms with E-state index < -0.39 is 0 Å². The highest BCUT2D eigenvalue weighted by Crippen LogP contribution is 2.48. The summed E-state index contributed by atoms with van der Waals surface area (Å²) in [5, 5.41) is 10.7. The smallest absolute Gasteiger partial charge is 0.197 e. The summed E-state index contributed by atoms with van der Waals surface area (Å²) in [5.41, 5.74) is 11.3. The van der Waals surface area contributed by atoms with Gasteiger partial charge in [-0.2, -0.15) is 0 Å². The van der Waals surface area contributed by atoms with E-state index in [4.69, 9.17) is 14.4 Å². The lowest BCUT2D eigenvalue weighted by atomic mass is 9.99. The van der Waals surface area contributed by atoms with Gasteiger partial charge >= 0.3 is 0 Å². The Balaban J connectivity index is 1.23. The van der Waals surface area contributed by atoms with E-state index in [1.54, 1.807) is 0 Å². The van der Waals surface area contributed by atoms with Crippen LogP contribution in [0.2, 0.25) is 0 Å². The molecule has 0 spiro atoms. The van der Waals surface area contributed by atoms with Crippen LogP contribution in [0.5, 0.6) is 0 Å². The molecule has 5 heteroatoms. The molecular formula is C50H28N4O. The summed E-state index contributed by atoms with van der Waals surface area (Å²) in [6.07, 6.45) is 0. The molecule has 0 N–H and O–H groups in total. The fourth-order valence-corrected chi connectivity index (χ4v) is 9.30. The average Bonchev–Trinajstić information content (AvgIpc) is 3.99. The maximum absolute atomic E-state index is 6.78. The van der Waals surface area contributed by atoms with Gasteiger partial charge in [0.15, 0.2) is 17.2 Å². The van der Waals surface area contributed by atoms with Crippen LogP contribution in [-0.2, 0) is 0 Å². The largest absolute Gasteiger partial charge is 0.450 e. The summed E-state index contributed by atoms with van der Waals surface area (Å²) in [4.78, 5) is 10.7. The average molecular weight is 701 g/mol. The fourth-order valence-electron chi connectivity index (χ4n) is 9.30. The van der Waals surface area contributed by atoms with Crippen LogP contribution in [0.4, 0.5) is 0 Å². The summed E-state index contributed by atoms with van der Waals surface area (Å²) >= 11 is 0. The molecule has 13 aromatic rings. The molecule has 0 saturated heterocycles. The lowest BCUT2D eigenvalue weighted by Gasteiger charge is -2.11. The van der Waals surface area contributed by atoms with Crippen molar-refractivity contribution in [2.75, 3.05) is 0 Å². The van der Waals surface area contributed by atoms with Crippen LogP contribution in [0.3, 0.4) is 0 Å². The number of benzene rings is 8. The van der Waals surface area contributed by atoms with Crippen molar-refractivity contribution in [2.45, 2.75) is 0 Å². The Labute approximate surface area is 313 Å². The molecule has 0 aliphatic carbocycles. The van der Waals surface area contributed by atoms with Crippen molar-refractivity contribution in [3.63, 3.8) is 0 Å². The molecule has 0 aliphatic rings. The Hall–Kier alpha value is -7.50. The first-order chi connectivity index (χ1) is 27.3. The molecule has 5 heterocycles. The monoisotopic (exact) mass is 700 g/mol. The fraction of sp³-hybridized carbons (Fsp3) is 0. The molecule has 0 amide bonds. The molecule has 5 aromatic heterocycles. The third-order valence-corrected chi connectivity index (χ3v) is 11.7. The summed E-state index contributed by atoms with van der Waals surface area (Å²) < 4.78 is 11.6. The summed E-state index contributed by atoms with van der Waals surface area (Å²) in [5.74, 6) is 1.37. The van der Waals surface area contributed by atoms with E-state index in [0.717, 1.165) is 44.5 Å². The van der Waals surface area contributed by atoms with Gasteiger partial charge in [0.25, 0.3) is 0 Å². The first-order valence-electron chi connectivity index (χ1n) is 18.7. The number of para-hydroxylation sites is 3. The van der Waals surface area contributed by atoms with Gasteiger partial charge in [0.1, 0.15) is 11.1 Å². The Kier molecular flexibility index (Phi) is 5.57. The van der Waals surface area contributed by atoms with Gasteiger partial charge in [-0.1, -0.05) is 133 Å². The topological polar surface area (TPSA) is 48.3 Å². The molecule has 8 aromatic carbocycles. The summed E-state index contributed by atoms with van der Waals surface area (Å²) in [6, 6.07) is 60.4. The molecule has 0 aliphatic heterocycles. The molecule has 13 rings (SSSR count). The van der Waals surface area contributed by atoms with Crippen LogP contribution in [0.25, 0.3) is 121 Å². The van der Waals surface area contributed by atoms with Crippen molar-refractivity contribution < 1.29 is 4.42 Å². The number of rotatable bonds is 3. The predicted molar refractivity (Wildman–Crippen MR) is 227 cm³/mol. The van der Waals surface area contributed by atoms with Gasteiger partial charge < -0.3 is 8.82 Å². The highest BCUT2D eigenvalue weighted by molar-refractivity contribution is 6.38. The number of fused-ring (bicyclic) bond motifs is 15. The van der Waals surface area contributed by atoms with E-state index in [1.165, 1.54) is 65.2 Å². The lowest BCUT2D eigenvalue weighted by Crippen LogP contribution is -2.02. The van der Waals surface area contributed by atoms with Crippen molar-refractivity contribution in [1.82, 2.24) is 18.9 Å². The lowest BCUT2D eigenvalue weighted by molar-refractivity contribution is 0.662. The molecule has 0 unspecified atom stereocenters. The third kappa shape index (κ3) is 3.81. The van der Waals surface area contributed by atoms with Crippen molar-refractivity contribution in [3.8, 4) is 28.3 Å². The quantitative estimate of drug-likeness (QED) is 0.184. The zero-order chi connectivity index (χ0) is 35.8. The minimum absolute atomic E-state index is 0.650. The number of hydrogen-bond acceptors (Lipinski definition) is 3. The van der Waals surface area contributed by atoms with Crippen molar-refractivity contribution in [2.24, 2.45) is 0 Å². The zero-order valence-corrected chi connectivity index (χ0v) is 29.4. The molecule has 0 fully saturated rings. The second kappa shape index (κ2) is 10.6. The van der Waals surface area contributed by atoms with Crippen LogP contribution in [0.1, 0.15) is 0 Å². The molecule has 254 valence electrons. The zero-order valence-electron chi connectivity index (χ0n) is 29.4. The molecule has 55 heavy (non-hydrogen) atoms. The minimum Gasteiger partial charge on any atom is -0.450 e. The number of hydrogen-bond donors (Lipinski definition) is 0. The SMILES string of the molecule is c1ccc(-c2ccc(-c3nc(-n4c5ccc6ccccc6c5c5c6c7ccccc7n7c8ccccc8c(cc54)c67)c4oc5ccccc5c4n3)cc2)cc1. The van der Waals surface area contributed by atoms with E-state index in [9.17, 15) is 0 Å². The summed E-state index contributed by atoms with van der Waals surface area (Å²) in [6.45, 7) is 0. The van der Waals surface area contributed by atoms with Crippen molar-refractivity contribution in [1.29, 1.82) is 0 Å². The van der Waals surface area contributed by atoms with Crippen molar-refractivity contribution in [3.05, 3.63) is 170 Å². The van der Waals surface area contributed by atoms with Gasteiger partial charge in [0, 0.05) is 43.3 Å². The number of furan rings is 1. The normalized spacial score (nSPS) is 12.4. The minimum atomic E-state index is 0.650. The van der Waals surface area contributed by atoms with Crippen LogP contribution in [-0.4, -0.2) is 18.9 Å². The van der Waals surface area contributed by atoms with Crippen molar-refractivity contribution >= 4 is 92.7 Å². The molecule has 0 atom stereocenters. The van der Waals surface area contributed by atoms with Gasteiger partial charge in [-0.05, 0) is 58.3 Å².